The van der Waals surface area contributed by atoms with Crippen molar-refractivity contribution in [2.45, 2.75) is 19.3 Å². The molecule has 1 fully saturated rings. The van der Waals surface area contributed by atoms with Crippen LogP contribution in [0.15, 0.2) is 30.3 Å². The highest BCUT2D eigenvalue weighted by Crippen LogP contribution is 2.24. The van der Waals surface area contributed by atoms with Crippen molar-refractivity contribution in [2.75, 3.05) is 27.3 Å². The summed E-state index contributed by atoms with van der Waals surface area (Å²) in [7, 11) is 2.64. The molecule has 0 aliphatic carbocycles. The summed E-state index contributed by atoms with van der Waals surface area (Å²) in [5, 5.41) is 0. The molecule has 1 aliphatic heterocycles. The first-order valence-electron chi connectivity index (χ1n) is 8.05. The van der Waals surface area contributed by atoms with Gasteiger partial charge in [-0.3, -0.25) is 9.59 Å². The molecule has 0 aromatic heterocycles. The normalized spacial score (nSPS) is 16.3. The lowest BCUT2D eigenvalue weighted by atomic mass is 9.83. The van der Waals surface area contributed by atoms with Crippen LogP contribution in [0.25, 0.3) is 0 Å². The van der Waals surface area contributed by atoms with E-state index in [1.165, 1.54) is 14.2 Å². The van der Waals surface area contributed by atoms with Gasteiger partial charge in [-0.2, -0.15) is 0 Å². The molecule has 2 rings (SSSR count). The van der Waals surface area contributed by atoms with Gasteiger partial charge >= 0.3 is 12.1 Å². The van der Waals surface area contributed by atoms with Crippen LogP contribution in [-0.2, 0) is 25.5 Å². The number of carbonyl (C=O) groups is 3. The van der Waals surface area contributed by atoms with E-state index in [9.17, 15) is 14.4 Å². The molecule has 1 amide bonds. The molecule has 130 valence electrons. The zero-order chi connectivity index (χ0) is 17.5. The maximum Gasteiger partial charge on any atom is 0.409 e. The van der Waals surface area contributed by atoms with Crippen LogP contribution < -0.4 is 0 Å². The van der Waals surface area contributed by atoms with E-state index in [0.29, 0.717) is 32.4 Å². The van der Waals surface area contributed by atoms with Gasteiger partial charge in [-0.25, -0.2) is 4.79 Å². The Hall–Kier alpha value is -2.37. The standard InChI is InChI=1S/C18H23NO5/c1-23-17(21)15(12-13-6-4-3-5-7-13)16(20)14-8-10-19(11-9-14)18(22)24-2/h3-7,14-15H,8-12H2,1-2H3. The molecule has 0 N–H and O–H groups in total. The third kappa shape index (κ3) is 4.34. The summed E-state index contributed by atoms with van der Waals surface area (Å²) in [6.07, 6.45) is 1.03. The first kappa shape index (κ1) is 18.0. The number of amides is 1. The summed E-state index contributed by atoms with van der Waals surface area (Å²) in [5.41, 5.74) is 0.924. The van der Waals surface area contributed by atoms with Gasteiger partial charge in [0.1, 0.15) is 5.92 Å². The summed E-state index contributed by atoms with van der Waals surface area (Å²) in [5.74, 6) is -1.64. The fourth-order valence-corrected chi connectivity index (χ4v) is 3.05. The molecule has 1 aromatic carbocycles. The van der Waals surface area contributed by atoms with Crippen molar-refractivity contribution in [3.05, 3.63) is 35.9 Å². The monoisotopic (exact) mass is 333 g/mol. The molecule has 1 aliphatic rings. The van der Waals surface area contributed by atoms with Crippen molar-refractivity contribution in [3.8, 4) is 0 Å². The van der Waals surface area contributed by atoms with Crippen molar-refractivity contribution in [1.29, 1.82) is 0 Å². The number of nitrogens with zero attached hydrogens (tertiary/aromatic N) is 1. The summed E-state index contributed by atoms with van der Waals surface area (Å²) in [4.78, 5) is 38.0. The van der Waals surface area contributed by atoms with Crippen LogP contribution in [0.5, 0.6) is 0 Å². The largest absolute Gasteiger partial charge is 0.468 e. The minimum Gasteiger partial charge on any atom is -0.468 e. The van der Waals surface area contributed by atoms with E-state index in [1.54, 1.807) is 4.90 Å². The van der Waals surface area contributed by atoms with Gasteiger partial charge in [0.05, 0.1) is 14.2 Å². The molecule has 0 radical (unpaired) electrons. The van der Waals surface area contributed by atoms with E-state index < -0.39 is 11.9 Å². The van der Waals surface area contributed by atoms with Crippen LogP contribution in [0.3, 0.4) is 0 Å². The number of Topliss-reactive ketones (excluding diaryl/α,β-unsaturated/α-hetero) is 1. The summed E-state index contributed by atoms with van der Waals surface area (Å²) in [6.45, 7) is 0.921. The van der Waals surface area contributed by atoms with Gasteiger partial charge in [-0.1, -0.05) is 30.3 Å². The van der Waals surface area contributed by atoms with E-state index in [2.05, 4.69) is 0 Å². The highest BCUT2D eigenvalue weighted by Gasteiger charge is 2.35. The third-order valence-corrected chi connectivity index (χ3v) is 4.44. The average molecular weight is 333 g/mol. The maximum absolute atomic E-state index is 12.8. The Balaban J connectivity index is 2.03. The minimum atomic E-state index is -0.799. The zero-order valence-corrected chi connectivity index (χ0v) is 14.1. The van der Waals surface area contributed by atoms with Crippen molar-refractivity contribution < 1.29 is 23.9 Å². The Kier molecular flexibility index (Phi) is 6.35. The highest BCUT2D eigenvalue weighted by molar-refractivity contribution is 6.00. The lowest BCUT2D eigenvalue weighted by Crippen LogP contribution is -2.42. The molecule has 24 heavy (non-hydrogen) atoms. The maximum atomic E-state index is 12.8. The predicted octanol–water partition coefficient (Wildman–Crippen LogP) is 2.07. The minimum absolute atomic E-state index is 0.102. The number of likely N-dealkylation sites (tertiary alicyclic amines) is 1. The lowest BCUT2D eigenvalue weighted by molar-refractivity contribution is -0.151. The van der Waals surface area contributed by atoms with Crippen LogP contribution >= 0.6 is 0 Å². The van der Waals surface area contributed by atoms with Crippen LogP contribution in [-0.4, -0.2) is 50.1 Å². The number of benzene rings is 1. The second-order valence-corrected chi connectivity index (χ2v) is 5.90. The Morgan fingerprint density at radius 1 is 1.08 bits per heavy atom. The van der Waals surface area contributed by atoms with Crippen molar-refractivity contribution in [2.24, 2.45) is 11.8 Å². The lowest BCUT2D eigenvalue weighted by Gasteiger charge is -2.31. The van der Waals surface area contributed by atoms with Crippen LogP contribution in [0.4, 0.5) is 4.79 Å². The second-order valence-electron chi connectivity index (χ2n) is 5.90. The molecule has 1 heterocycles. The van der Waals surface area contributed by atoms with Gasteiger partial charge in [-0.05, 0) is 24.8 Å². The first-order valence-corrected chi connectivity index (χ1v) is 8.05. The zero-order valence-electron chi connectivity index (χ0n) is 14.1. The van der Waals surface area contributed by atoms with Crippen molar-refractivity contribution in [3.63, 3.8) is 0 Å². The van der Waals surface area contributed by atoms with E-state index in [-0.39, 0.29) is 17.8 Å². The molecule has 0 spiro atoms. The Labute approximate surface area is 141 Å². The quantitative estimate of drug-likeness (QED) is 0.609. The number of hydrogen-bond acceptors (Lipinski definition) is 5. The molecule has 1 atom stereocenters. The second kappa shape index (κ2) is 8.47. The smallest absolute Gasteiger partial charge is 0.409 e. The van der Waals surface area contributed by atoms with E-state index in [0.717, 1.165) is 5.56 Å². The van der Waals surface area contributed by atoms with E-state index in [1.807, 2.05) is 30.3 Å². The molecule has 0 bridgehead atoms. The number of ketones is 1. The van der Waals surface area contributed by atoms with E-state index in [4.69, 9.17) is 9.47 Å². The average Bonchev–Trinajstić information content (AvgIpc) is 2.65. The topological polar surface area (TPSA) is 72.9 Å². The molecular weight excluding hydrogens is 310 g/mol. The Bertz CT molecular complexity index is 578. The third-order valence-electron chi connectivity index (χ3n) is 4.44. The molecule has 6 nitrogen and oxygen atoms in total. The molecule has 1 saturated heterocycles. The van der Waals surface area contributed by atoms with E-state index >= 15 is 0 Å². The Morgan fingerprint density at radius 3 is 2.25 bits per heavy atom. The van der Waals surface area contributed by atoms with Gasteiger partial charge in [0.2, 0.25) is 0 Å². The number of esters is 1. The van der Waals surface area contributed by atoms with Crippen molar-refractivity contribution in [1.82, 2.24) is 4.90 Å². The fraction of sp³-hybridized carbons (Fsp3) is 0.500. The number of rotatable bonds is 5. The van der Waals surface area contributed by atoms with Gasteiger partial charge in [0.25, 0.3) is 0 Å². The van der Waals surface area contributed by atoms with Gasteiger partial charge < -0.3 is 14.4 Å². The molecule has 1 aromatic rings. The van der Waals surface area contributed by atoms with Crippen LogP contribution in [0, 0.1) is 11.8 Å². The number of ether oxygens (including phenoxy) is 2. The number of piperidine rings is 1. The van der Waals surface area contributed by atoms with Crippen LogP contribution in [0.2, 0.25) is 0 Å². The number of carbonyl (C=O) groups excluding carboxylic acids is 3. The first-order chi connectivity index (χ1) is 11.6. The molecule has 1 unspecified atom stereocenters. The van der Waals surface area contributed by atoms with Crippen LogP contribution in [0.1, 0.15) is 18.4 Å². The van der Waals surface area contributed by atoms with Gasteiger partial charge in [-0.15, -0.1) is 0 Å². The SMILES string of the molecule is COC(=O)C(Cc1ccccc1)C(=O)C1CCN(C(=O)OC)CC1. The predicted molar refractivity (Wildman–Crippen MR) is 87.4 cm³/mol. The molecular formula is C18H23NO5. The molecule has 0 saturated carbocycles. The fourth-order valence-electron chi connectivity index (χ4n) is 3.05. The molecule has 6 heteroatoms. The van der Waals surface area contributed by atoms with Crippen molar-refractivity contribution >= 4 is 17.8 Å². The van der Waals surface area contributed by atoms with Gasteiger partial charge in [0.15, 0.2) is 5.78 Å². The highest BCUT2D eigenvalue weighted by atomic mass is 16.5. The summed E-state index contributed by atoms with van der Waals surface area (Å²) in [6, 6.07) is 9.43. The summed E-state index contributed by atoms with van der Waals surface area (Å²) >= 11 is 0. The Morgan fingerprint density at radius 2 is 1.71 bits per heavy atom. The van der Waals surface area contributed by atoms with Gasteiger partial charge in [0, 0.05) is 19.0 Å². The number of methoxy groups -OCH3 is 2. The number of hydrogen-bond donors (Lipinski definition) is 0. The summed E-state index contributed by atoms with van der Waals surface area (Å²) < 4.78 is 9.52.